The highest BCUT2D eigenvalue weighted by Crippen LogP contribution is 2.36. The first kappa shape index (κ1) is 25.3. The highest BCUT2D eigenvalue weighted by atomic mass is 16.5. The van der Waals surface area contributed by atoms with Crippen LogP contribution in [0.15, 0.2) is 59.8 Å². The topological polar surface area (TPSA) is 107 Å². The first-order chi connectivity index (χ1) is 18.6. The molecule has 4 aromatic rings. The van der Waals surface area contributed by atoms with E-state index in [4.69, 9.17) is 9.72 Å². The van der Waals surface area contributed by atoms with Gasteiger partial charge in [-0.3, -0.25) is 9.78 Å². The number of nitrogens with zero attached hydrogens (tertiary/aromatic N) is 6. The Hall–Kier alpha value is -4.38. The Balaban J connectivity index is 1.57. The fourth-order valence-electron chi connectivity index (χ4n) is 4.71. The molecule has 192 valence electrons. The molecule has 0 bridgehead atoms. The van der Waals surface area contributed by atoms with E-state index < -0.39 is 0 Å². The number of hydrogen-bond donors (Lipinski definition) is 0. The average Bonchev–Trinajstić information content (AvgIpc) is 2.93. The molecule has 0 spiro atoms. The maximum atomic E-state index is 14.1. The van der Waals surface area contributed by atoms with E-state index in [9.17, 15) is 10.1 Å². The van der Waals surface area contributed by atoms with Gasteiger partial charge in [-0.2, -0.15) is 5.26 Å². The molecule has 0 aliphatic heterocycles. The van der Waals surface area contributed by atoms with Crippen molar-refractivity contribution in [3.8, 4) is 29.0 Å². The number of rotatable bonds is 9. The van der Waals surface area contributed by atoms with Crippen molar-refractivity contribution in [1.29, 1.82) is 5.26 Å². The van der Waals surface area contributed by atoms with Gasteiger partial charge in [0.25, 0.3) is 5.56 Å². The molecule has 1 aromatic carbocycles. The summed E-state index contributed by atoms with van der Waals surface area (Å²) in [6.07, 6.45) is 11.2. The second-order valence-electron chi connectivity index (χ2n) is 9.58. The monoisotopic (exact) mass is 506 g/mol. The van der Waals surface area contributed by atoms with Crippen LogP contribution in [0.2, 0.25) is 0 Å². The molecule has 0 radical (unpaired) electrons. The number of methoxy groups -OCH3 is 1. The van der Waals surface area contributed by atoms with Crippen LogP contribution >= 0.6 is 0 Å². The molecule has 3 aromatic heterocycles. The van der Waals surface area contributed by atoms with Gasteiger partial charge < -0.3 is 4.74 Å². The first-order valence-corrected chi connectivity index (χ1v) is 13.1. The summed E-state index contributed by atoms with van der Waals surface area (Å²) in [6.45, 7) is 2.14. The molecule has 1 aliphatic carbocycles. The van der Waals surface area contributed by atoms with Crippen LogP contribution in [0.3, 0.4) is 0 Å². The zero-order chi connectivity index (χ0) is 26.5. The maximum Gasteiger partial charge on any atom is 0.264 e. The molecule has 3 heterocycles. The summed E-state index contributed by atoms with van der Waals surface area (Å²) in [4.78, 5) is 32.7. The Bertz CT molecular complexity index is 1520. The van der Waals surface area contributed by atoms with Crippen molar-refractivity contribution in [3.63, 3.8) is 0 Å². The van der Waals surface area contributed by atoms with Crippen LogP contribution in [-0.2, 0) is 12.8 Å². The summed E-state index contributed by atoms with van der Waals surface area (Å²) >= 11 is 0. The summed E-state index contributed by atoms with van der Waals surface area (Å²) in [5, 5.41) is 9.45. The highest BCUT2D eigenvalue weighted by Gasteiger charge is 2.28. The molecule has 0 N–H and O–H groups in total. The minimum atomic E-state index is -0.128. The Morgan fingerprint density at radius 2 is 1.87 bits per heavy atom. The number of aromatic nitrogens is 5. The molecule has 0 amide bonds. The molecular weight excluding hydrogens is 476 g/mol. The lowest BCUT2D eigenvalue weighted by Crippen LogP contribution is -2.33. The molecular formula is C30H30N6O2. The predicted molar refractivity (Wildman–Crippen MR) is 144 cm³/mol. The van der Waals surface area contributed by atoms with Crippen molar-refractivity contribution < 1.29 is 4.74 Å². The predicted octanol–water partition coefficient (Wildman–Crippen LogP) is 5.17. The zero-order valence-corrected chi connectivity index (χ0v) is 21.7. The Kier molecular flexibility index (Phi) is 7.55. The summed E-state index contributed by atoms with van der Waals surface area (Å²) in [5.74, 6) is 1.82. The smallest absolute Gasteiger partial charge is 0.264 e. The minimum absolute atomic E-state index is 0.128. The maximum absolute atomic E-state index is 14.1. The molecule has 38 heavy (non-hydrogen) atoms. The van der Waals surface area contributed by atoms with E-state index in [1.165, 1.54) is 0 Å². The van der Waals surface area contributed by atoms with Gasteiger partial charge >= 0.3 is 0 Å². The number of unbranched alkanes of at least 4 members (excludes halogenated alkanes) is 1. The van der Waals surface area contributed by atoms with Crippen LogP contribution in [-0.4, -0.2) is 31.6 Å². The van der Waals surface area contributed by atoms with Crippen LogP contribution in [0, 0.1) is 11.3 Å². The number of nitriles is 1. The normalized spacial score (nSPS) is 13.1. The molecule has 1 fully saturated rings. The van der Waals surface area contributed by atoms with Gasteiger partial charge in [0.2, 0.25) is 5.95 Å². The third-order valence-electron chi connectivity index (χ3n) is 7.10. The number of aryl methyl sites for hydroxylation is 1. The second kappa shape index (κ2) is 11.3. The van der Waals surface area contributed by atoms with E-state index in [-0.39, 0.29) is 11.5 Å². The molecule has 0 atom stereocenters. The summed E-state index contributed by atoms with van der Waals surface area (Å²) < 4.78 is 6.81. The molecule has 8 nitrogen and oxygen atoms in total. The summed E-state index contributed by atoms with van der Waals surface area (Å²) in [5.41, 5.74) is 4.36. The van der Waals surface area contributed by atoms with Crippen molar-refractivity contribution in [1.82, 2.24) is 24.5 Å². The third-order valence-corrected chi connectivity index (χ3v) is 7.10. The summed E-state index contributed by atoms with van der Waals surface area (Å²) in [6, 6.07) is 13.5. The molecule has 0 saturated heterocycles. The molecule has 0 unspecified atom stereocenters. The SMILES string of the molecule is CCCCc1nc(C2CCC2)n(-c2ncc(OC)cn2)c(=O)c1Cc1ccc(-c2ccccc2C#N)nc1. The fraction of sp³-hybridized carbons (Fsp3) is 0.333. The van der Waals surface area contributed by atoms with Crippen LogP contribution in [0.4, 0.5) is 0 Å². The lowest BCUT2D eigenvalue weighted by Gasteiger charge is -2.28. The van der Waals surface area contributed by atoms with Gasteiger partial charge in [0.05, 0.1) is 42.5 Å². The first-order valence-electron chi connectivity index (χ1n) is 13.1. The van der Waals surface area contributed by atoms with Crippen LogP contribution in [0.1, 0.15) is 73.2 Å². The van der Waals surface area contributed by atoms with E-state index in [0.29, 0.717) is 29.2 Å². The number of benzene rings is 1. The molecule has 1 saturated carbocycles. The highest BCUT2D eigenvalue weighted by molar-refractivity contribution is 5.67. The van der Waals surface area contributed by atoms with E-state index in [1.54, 1.807) is 36.3 Å². The largest absolute Gasteiger partial charge is 0.494 e. The minimum Gasteiger partial charge on any atom is -0.494 e. The third kappa shape index (κ3) is 5.05. The van der Waals surface area contributed by atoms with Crippen molar-refractivity contribution >= 4 is 0 Å². The standard InChI is InChI=1S/C30H30N6O2/c1-3-4-12-27-25(15-20-13-14-26(32-17-20)24-11-6-5-8-22(24)16-31)29(37)36(28(35-27)21-9-7-10-21)30-33-18-23(38-2)19-34-30/h5-6,8,11,13-14,17-19,21H,3-4,7,9-10,12,15H2,1-2H3. The fourth-order valence-corrected chi connectivity index (χ4v) is 4.71. The van der Waals surface area contributed by atoms with Crippen molar-refractivity contribution in [2.75, 3.05) is 7.11 Å². The van der Waals surface area contributed by atoms with E-state index in [1.807, 2.05) is 30.3 Å². The van der Waals surface area contributed by atoms with E-state index >= 15 is 0 Å². The van der Waals surface area contributed by atoms with Gasteiger partial charge in [0, 0.05) is 29.7 Å². The number of hydrogen-bond acceptors (Lipinski definition) is 7. The van der Waals surface area contributed by atoms with Gasteiger partial charge in [-0.25, -0.2) is 19.5 Å². The van der Waals surface area contributed by atoms with Crippen LogP contribution in [0.5, 0.6) is 5.75 Å². The Morgan fingerprint density at radius 3 is 2.50 bits per heavy atom. The van der Waals surface area contributed by atoms with E-state index in [2.05, 4.69) is 27.9 Å². The van der Waals surface area contributed by atoms with Gasteiger partial charge in [0.15, 0.2) is 5.75 Å². The quantitative estimate of drug-likeness (QED) is 0.308. The number of ether oxygens (including phenoxy) is 1. The summed E-state index contributed by atoms with van der Waals surface area (Å²) in [7, 11) is 1.56. The van der Waals surface area contributed by atoms with Gasteiger partial charge in [-0.05, 0) is 43.4 Å². The Morgan fingerprint density at radius 1 is 1.08 bits per heavy atom. The number of pyridine rings is 1. The van der Waals surface area contributed by atoms with Crippen molar-refractivity contribution in [2.24, 2.45) is 0 Å². The Labute approximate surface area is 222 Å². The lowest BCUT2D eigenvalue weighted by molar-refractivity contribution is 0.388. The average molecular weight is 507 g/mol. The van der Waals surface area contributed by atoms with Gasteiger partial charge in [-0.15, -0.1) is 0 Å². The lowest BCUT2D eigenvalue weighted by atomic mass is 9.84. The van der Waals surface area contributed by atoms with Gasteiger partial charge in [0.1, 0.15) is 5.82 Å². The molecule has 5 rings (SSSR count). The van der Waals surface area contributed by atoms with Crippen molar-refractivity contribution in [3.05, 3.63) is 93.6 Å². The zero-order valence-electron chi connectivity index (χ0n) is 21.7. The molecule has 1 aliphatic rings. The van der Waals surface area contributed by atoms with Gasteiger partial charge in [-0.1, -0.05) is 44.0 Å². The van der Waals surface area contributed by atoms with Crippen molar-refractivity contribution in [2.45, 2.75) is 57.8 Å². The van der Waals surface area contributed by atoms with E-state index in [0.717, 1.165) is 66.9 Å². The van der Waals surface area contributed by atoms with Crippen LogP contribution < -0.4 is 10.3 Å². The van der Waals surface area contributed by atoms with Crippen LogP contribution in [0.25, 0.3) is 17.2 Å². The molecule has 8 heteroatoms. The second-order valence-corrected chi connectivity index (χ2v) is 9.58.